The molecule has 0 fully saturated rings. The summed E-state index contributed by atoms with van der Waals surface area (Å²) in [5, 5.41) is 10.1. The molecule has 1 atom stereocenters. The molecule has 0 bridgehead atoms. The number of aliphatic hydroxyl groups is 1. The van der Waals surface area contributed by atoms with E-state index >= 15 is 0 Å². The average Bonchev–Trinajstić information content (AvgIpc) is 2.39. The van der Waals surface area contributed by atoms with Crippen LogP contribution in [-0.4, -0.2) is 10.9 Å². The van der Waals surface area contributed by atoms with Crippen LogP contribution in [-0.2, 0) is 0 Å². The van der Waals surface area contributed by atoms with E-state index in [4.69, 9.17) is 0 Å². The standard InChI is InChI=1S/C16H16O2/c1-12-6-5-9-14(10-12)16(18)11-15(17)13-7-3-2-4-8-13/h2-10,16,18H,11H2,1H3. The quantitative estimate of drug-likeness (QED) is 0.832. The van der Waals surface area contributed by atoms with Crippen LogP contribution in [0.4, 0.5) is 0 Å². The number of carbonyl (C=O) groups excluding carboxylic acids is 1. The smallest absolute Gasteiger partial charge is 0.165 e. The van der Waals surface area contributed by atoms with Crippen molar-refractivity contribution >= 4 is 5.78 Å². The number of ketones is 1. The summed E-state index contributed by atoms with van der Waals surface area (Å²) < 4.78 is 0. The van der Waals surface area contributed by atoms with Crippen molar-refractivity contribution in [1.29, 1.82) is 0 Å². The van der Waals surface area contributed by atoms with Crippen molar-refractivity contribution < 1.29 is 9.90 Å². The Hall–Kier alpha value is -1.93. The molecule has 0 spiro atoms. The Morgan fingerprint density at radius 3 is 2.50 bits per heavy atom. The summed E-state index contributed by atoms with van der Waals surface area (Å²) in [5.74, 6) is -0.0374. The molecule has 2 aromatic rings. The molecule has 0 saturated carbocycles. The van der Waals surface area contributed by atoms with Crippen molar-refractivity contribution in [2.24, 2.45) is 0 Å². The van der Waals surface area contributed by atoms with E-state index in [0.29, 0.717) is 5.56 Å². The van der Waals surface area contributed by atoms with Crippen LogP contribution in [0.1, 0.15) is 34.0 Å². The summed E-state index contributed by atoms with van der Waals surface area (Å²) in [4.78, 5) is 12.0. The fraction of sp³-hybridized carbons (Fsp3) is 0.188. The predicted molar refractivity (Wildman–Crippen MR) is 71.5 cm³/mol. The molecule has 0 aliphatic heterocycles. The van der Waals surface area contributed by atoms with Gasteiger partial charge < -0.3 is 5.11 Å². The molecule has 1 N–H and O–H groups in total. The fourth-order valence-electron chi connectivity index (χ4n) is 1.91. The van der Waals surface area contributed by atoms with Gasteiger partial charge in [0.2, 0.25) is 0 Å². The second kappa shape index (κ2) is 5.61. The third-order valence-electron chi connectivity index (χ3n) is 2.90. The molecule has 0 aromatic heterocycles. The Morgan fingerprint density at radius 2 is 1.83 bits per heavy atom. The Balaban J connectivity index is 2.08. The zero-order chi connectivity index (χ0) is 13.0. The second-order valence-corrected chi connectivity index (χ2v) is 4.42. The van der Waals surface area contributed by atoms with Crippen LogP contribution >= 0.6 is 0 Å². The van der Waals surface area contributed by atoms with Crippen LogP contribution in [0.5, 0.6) is 0 Å². The van der Waals surface area contributed by atoms with Crippen molar-refractivity contribution in [3.05, 3.63) is 71.3 Å². The van der Waals surface area contributed by atoms with Gasteiger partial charge in [-0.1, -0.05) is 60.2 Å². The maximum absolute atomic E-state index is 12.0. The highest BCUT2D eigenvalue weighted by Gasteiger charge is 2.14. The Kier molecular flexibility index (Phi) is 3.90. The molecule has 0 aliphatic rings. The van der Waals surface area contributed by atoms with Crippen molar-refractivity contribution in [2.45, 2.75) is 19.4 Å². The summed E-state index contributed by atoms with van der Waals surface area (Å²) in [6.45, 7) is 1.97. The highest BCUT2D eigenvalue weighted by molar-refractivity contribution is 5.96. The van der Waals surface area contributed by atoms with Gasteiger partial charge in [0, 0.05) is 12.0 Å². The lowest BCUT2D eigenvalue weighted by Gasteiger charge is -2.10. The van der Waals surface area contributed by atoms with Gasteiger partial charge in [0.05, 0.1) is 6.10 Å². The van der Waals surface area contributed by atoms with Crippen LogP contribution in [0.15, 0.2) is 54.6 Å². The van der Waals surface area contributed by atoms with Crippen molar-refractivity contribution in [2.75, 3.05) is 0 Å². The van der Waals surface area contributed by atoms with Gasteiger partial charge >= 0.3 is 0 Å². The van der Waals surface area contributed by atoms with Crippen LogP contribution in [0.2, 0.25) is 0 Å². The van der Waals surface area contributed by atoms with E-state index in [2.05, 4.69) is 0 Å². The maximum atomic E-state index is 12.0. The first kappa shape index (κ1) is 12.5. The monoisotopic (exact) mass is 240 g/mol. The third-order valence-corrected chi connectivity index (χ3v) is 2.90. The average molecular weight is 240 g/mol. The Morgan fingerprint density at radius 1 is 1.11 bits per heavy atom. The van der Waals surface area contributed by atoms with Crippen LogP contribution in [0.25, 0.3) is 0 Å². The van der Waals surface area contributed by atoms with E-state index < -0.39 is 6.10 Å². The minimum absolute atomic E-state index is 0.0374. The van der Waals surface area contributed by atoms with Crippen molar-refractivity contribution in [1.82, 2.24) is 0 Å². The van der Waals surface area contributed by atoms with Gasteiger partial charge in [0.1, 0.15) is 0 Å². The van der Waals surface area contributed by atoms with Gasteiger partial charge in [-0.2, -0.15) is 0 Å². The van der Waals surface area contributed by atoms with Gasteiger partial charge in [-0.15, -0.1) is 0 Å². The zero-order valence-corrected chi connectivity index (χ0v) is 10.3. The van der Waals surface area contributed by atoms with Crippen molar-refractivity contribution in [3.8, 4) is 0 Å². The number of aliphatic hydroxyl groups excluding tert-OH is 1. The predicted octanol–water partition coefficient (Wildman–Crippen LogP) is 3.30. The van der Waals surface area contributed by atoms with E-state index in [0.717, 1.165) is 11.1 Å². The maximum Gasteiger partial charge on any atom is 0.165 e. The first-order chi connectivity index (χ1) is 8.66. The SMILES string of the molecule is Cc1cccc(C(O)CC(=O)c2ccccc2)c1. The molecule has 2 heteroatoms. The van der Waals surface area contributed by atoms with Gasteiger partial charge in [-0.25, -0.2) is 0 Å². The number of benzene rings is 2. The van der Waals surface area contributed by atoms with Crippen LogP contribution < -0.4 is 0 Å². The van der Waals surface area contributed by atoms with E-state index in [1.165, 1.54) is 0 Å². The highest BCUT2D eigenvalue weighted by Crippen LogP contribution is 2.19. The van der Waals surface area contributed by atoms with Crippen molar-refractivity contribution in [3.63, 3.8) is 0 Å². The number of aryl methyl sites for hydroxylation is 1. The van der Waals surface area contributed by atoms with Gasteiger partial charge in [-0.05, 0) is 12.5 Å². The summed E-state index contributed by atoms with van der Waals surface area (Å²) in [7, 11) is 0. The Bertz CT molecular complexity index is 532. The number of hydrogen-bond acceptors (Lipinski definition) is 2. The summed E-state index contributed by atoms with van der Waals surface area (Å²) in [6, 6.07) is 16.7. The van der Waals surface area contributed by atoms with Gasteiger partial charge in [-0.3, -0.25) is 4.79 Å². The van der Waals surface area contributed by atoms with Gasteiger partial charge in [0.15, 0.2) is 5.78 Å². The lowest BCUT2D eigenvalue weighted by Crippen LogP contribution is -2.07. The molecule has 0 radical (unpaired) electrons. The first-order valence-corrected chi connectivity index (χ1v) is 5.99. The Labute approximate surface area is 107 Å². The molecule has 2 rings (SSSR count). The lowest BCUT2D eigenvalue weighted by atomic mass is 9.99. The zero-order valence-electron chi connectivity index (χ0n) is 10.3. The minimum Gasteiger partial charge on any atom is -0.388 e. The topological polar surface area (TPSA) is 37.3 Å². The lowest BCUT2D eigenvalue weighted by molar-refractivity contribution is 0.0880. The molecule has 0 aliphatic carbocycles. The van der Waals surface area contributed by atoms with Crippen LogP contribution in [0.3, 0.4) is 0 Å². The largest absolute Gasteiger partial charge is 0.388 e. The molecule has 0 heterocycles. The highest BCUT2D eigenvalue weighted by atomic mass is 16.3. The summed E-state index contributed by atoms with van der Waals surface area (Å²) >= 11 is 0. The molecule has 0 saturated heterocycles. The molecular formula is C16H16O2. The molecule has 1 unspecified atom stereocenters. The normalized spacial score (nSPS) is 12.1. The van der Waals surface area contributed by atoms with E-state index in [1.807, 2.05) is 49.4 Å². The minimum atomic E-state index is -0.738. The van der Waals surface area contributed by atoms with Crippen LogP contribution in [0, 0.1) is 6.92 Å². The fourth-order valence-corrected chi connectivity index (χ4v) is 1.91. The van der Waals surface area contributed by atoms with Gasteiger partial charge in [0.25, 0.3) is 0 Å². The first-order valence-electron chi connectivity index (χ1n) is 5.99. The summed E-state index contributed by atoms with van der Waals surface area (Å²) in [5.41, 5.74) is 2.52. The molecule has 2 aromatic carbocycles. The second-order valence-electron chi connectivity index (χ2n) is 4.42. The van der Waals surface area contributed by atoms with E-state index in [-0.39, 0.29) is 12.2 Å². The molecule has 18 heavy (non-hydrogen) atoms. The summed E-state index contributed by atoms with van der Waals surface area (Å²) in [6.07, 6.45) is -0.620. The number of carbonyl (C=O) groups is 1. The molecular weight excluding hydrogens is 224 g/mol. The number of hydrogen-bond donors (Lipinski definition) is 1. The third kappa shape index (κ3) is 3.05. The van der Waals surface area contributed by atoms with E-state index in [1.54, 1.807) is 12.1 Å². The van der Waals surface area contributed by atoms with E-state index in [9.17, 15) is 9.90 Å². The number of rotatable bonds is 4. The molecule has 92 valence electrons. The molecule has 0 amide bonds. The number of Topliss-reactive ketones (excluding diaryl/α,β-unsaturated/α-hetero) is 1. The molecule has 2 nitrogen and oxygen atoms in total.